The van der Waals surface area contributed by atoms with Crippen LogP contribution in [0, 0.1) is 6.92 Å². The van der Waals surface area contributed by atoms with Gasteiger partial charge in [0, 0.05) is 25.4 Å². The van der Waals surface area contributed by atoms with E-state index >= 15 is 0 Å². The van der Waals surface area contributed by atoms with Crippen LogP contribution in [0.25, 0.3) is 0 Å². The summed E-state index contributed by atoms with van der Waals surface area (Å²) in [5.74, 6) is 2.59. The lowest BCUT2D eigenvalue weighted by molar-refractivity contribution is 0.928. The van der Waals surface area contributed by atoms with Crippen LogP contribution in [0.2, 0.25) is 0 Å². The molecule has 1 N–H and O–H groups in total. The Hall–Kier alpha value is -2.17. The predicted molar refractivity (Wildman–Crippen MR) is 75.7 cm³/mol. The van der Waals surface area contributed by atoms with Gasteiger partial charge in [-0.1, -0.05) is 0 Å². The molecule has 3 rings (SSSR count). The zero-order valence-electron chi connectivity index (χ0n) is 11.0. The summed E-state index contributed by atoms with van der Waals surface area (Å²) < 4.78 is 0. The Morgan fingerprint density at radius 3 is 2.63 bits per heavy atom. The van der Waals surface area contributed by atoms with Gasteiger partial charge in [-0.25, -0.2) is 15.0 Å². The molecule has 3 heterocycles. The van der Waals surface area contributed by atoms with Gasteiger partial charge in [-0.2, -0.15) is 0 Å². The van der Waals surface area contributed by atoms with Crippen LogP contribution in [0.3, 0.4) is 0 Å². The van der Waals surface area contributed by atoms with Gasteiger partial charge in [-0.05, 0) is 37.5 Å². The van der Waals surface area contributed by atoms with Crippen molar-refractivity contribution in [3.05, 3.63) is 36.3 Å². The molecule has 2 aromatic rings. The Labute approximate surface area is 112 Å². The molecule has 0 aliphatic carbocycles. The van der Waals surface area contributed by atoms with Gasteiger partial charge in [-0.3, -0.25) is 0 Å². The van der Waals surface area contributed by atoms with E-state index in [0.29, 0.717) is 0 Å². The second-order valence-corrected chi connectivity index (χ2v) is 4.80. The molecule has 1 fully saturated rings. The smallest absolute Gasteiger partial charge is 0.137 e. The highest BCUT2D eigenvalue weighted by Gasteiger charge is 2.14. The minimum atomic E-state index is 0.787. The highest BCUT2D eigenvalue weighted by molar-refractivity contribution is 5.56. The molecule has 5 nitrogen and oxygen atoms in total. The van der Waals surface area contributed by atoms with Gasteiger partial charge < -0.3 is 10.2 Å². The first kappa shape index (κ1) is 11.9. The van der Waals surface area contributed by atoms with Crippen molar-refractivity contribution < 1.29 is 0 Å². The van der Waals surface area contributed by atoms with Crippen molar-refractivity contribution in [2.75, 3.05) is 23.3 Å². The first-order valence-corrected chi connectivity index (χ1v) is 6.58. The SMILES string of the molecule is Cc1ccnc(Nc2cc(N3CCCC3)ncn2)c1. The van der Waals surface area contributed by atoms with Crippen molar-refractivity contribution >= 4 is 17.5 Å². The molecule has 0 amide bonds. The van der Waals surface area contributed by atoms with Gasteiger partial charge in [-0.15, -0.1) is 0 Å². The van der Waals surface area contributed by atoms with Crippen LogP contribution < -0.4 is 10.2 Å². The molecule has 0 aromatic carbocycles. The third-order valence-electron chi connectivity index (χ3n) is 3.25. The van der Waals surface area contributed by atoms with Crippen LogP contribution >= 0.6 is 0 Å². The van der Waals surface area contributed by atoms with E-state index in [-0.39, 0.29) is 0 Å². The number of pyridine rings is 1. The lowest BCUT2D eigenvalue weighted by Gasteiger charge is -2.16. The number of aryl methyl sites for hydroxylation is 1. The average Bonchev–Trinajstić information content (AvgIpc) is 2.93. The minimum absolute atomic E-state index is 0.787. The van der Waals surface area contributed by atoms with E-state index in [9.17, 15) is 0 Å². The number of hydrogen-bond acceptors (Lipinski definition) is 5. The topological polar surface area (TPSA) is 53.9 Å². The molecule has 98 valence electrons. The summed E-state index contributed by atoms with van der Waals surface area (Å²) in [5.41, 5.74) is 1.17. The van der Waals surface area contributed by atoms with Gasteiger partial charge >= 0.3 is 0 Å². The quantitative estimate of drug-likeness (QED) is 0.913. The summed E-state index contributed by atoms with van der Waals surface area (Å²) in [6, 6.07) is 5.95. The van der Waals surface area contributed by atoms with E-state index in [1.54, 1.807) is 12.5 Å². The summed E-state index contributed by atoms with van der Waals surface area (Å²) >= 11 is 0. The van der Waals surface area contributed by atoms with E-state index in [2.05, 4.69) is 25.2 Å². The van der Waals surface area contributed by atoms with Crippen molar-refractivity contribution in [3.8, 4) is 0 Å². The fourth-order valence-electron chi connectivity index (χ4n) is 2.27. The maximum absolute atomic E-state index is 4.33. The Morgan fingerprint density at radius 1 is 1.05 bits per heavy atom. The molecule has 1 saturated heterocycles. The molecule has 1 aliphatic heterocycles. The Kier molecular flexibility index (Phi) is 3.27. The largest absolute Gasteiger partial charge is 0.356 e. The fraction of sp³-hybridized carbons (Fsp3) is 0.357. The molecule has 0 spiro atoms. The Balaban J connectivity index is 1.79. The van der Waals surface area contributed by atoms with Crippen LogP contribution in [0.1, 0.15) is 18.4 Å². The molecule has 5 heteroatoms. The van der Waals surface area contributed by atoms with Crippen LogP contribution in [-0.2, 0) is 0 Å². The van der Waals surface area contributed by atoms with Gasteiger partial charge in [0.15, 0.2) is 0 Å². The van der Waals surface area contributed by atoms with E-state index in [4.69, 9.17) is 0 Å². The fourth-order valence-corrected chi connectivity index (χ4v) is 2.27. The van der Waals surface area contributed by atoms with Gasteiger partial charge in [0.1, 0.15) is 23.8 Å². The summed E-state index contributed by atoms with van der Waals surface area (Å²) in [6.07, 6.45) is 5.88. The van der Waals surface area contributed by atoms with E-state index in [0.717, 1.165) is 30.5 Å². The second-order valence-electron chi connectivity index (χ2n) is 4.80. The predicted octanol–water partition coefficient (Wildman–Crippen LogP) is 2.52. The maximum Gasteiger partial charge on any atom is 0.137 e. The van der Waals surface area contributed by atoms with Crippen LogP contribution in [0.15, 0.2) is 30.7 Å². The number of aromatic nitrogens is 3. The first-order valence-electron chi connectivity index (χ1n) is 6.58. The van der Waals surface area contributed by atoms with Crippen LogP contribution in [0.5, 0.6) is 0 Å². The highest BCUT2D eigenvalue weighted by atomic mass is 15.2. The van der Waals surface area contributed by atoms with Crippen LogP contribution in [-0.4, -0.2) is 28.0 Å². The molecule has 0 unspecified atom stereocenters. The highest BCUT2D eigenvalue weighted by Crippen LogP contribution is 2.21. The lowest BCUT2D eigenvalue weighted by Crippen LogP contribution is -2.19. The Morgan fingerprint density at radius 2 is 1.84 bits per heavy atom. The first-order chi connectivity index (χ1) is 9.31. The molecular formula is C14H17N5. The summed E-state index contributed by atoms with van der Waals surface area (Å²) in [7, 11) is 0. The third-order valence-corrected chi connectivity index (χ3v) is 3.25. The average molecular weight is 255 g/mol. The maximum atomic E-state index is 4.33. The normalized spacial score (nSPS) is 14.7. The molecule has 0 radical (unpaired) electrons. The summed E-state index contributed by atoms with van der Waals surface area (Å²) in [6.45, 7) is 4.21. The molecule has 0 saturated carbocycles. The number of nitrogens with zero attached hydrogens (tertiary/aromatic N) is 4. The molecule has 19 heavy (non-hydrogen) atoms. The molecule has 0 atom stereocenters. The zero-order chi connectivity index (χ0) is 13.1. The summed E-state index contributed by atoms with van der Waals surface area (Å²) in [5, 5.41) is 3.22. The van der Waals surface area contributed by atoms with Crippen molar-refractivity contribution in [3.63, 3.8) is 0 Å². The minimum Gasteiger partial charge on any atom is -0.356 e. The van der Waals surface area contributed by atoms with Crippen molar-refractivity contribution in [1.82, 2.24) is 15.0 Å². The third kappa shape index (κ3) is 2.81. The molecule has 2 aromatic heterocycles. The number of anilines is 3. The van der Waals surface area contributed by atoms with Gasteiger partial charge in [0.2, 0.25) is 0 Å². The molecule has 1 aliphatic rings. The second kappa shape index (κ2) is 5.22. The Bertz CT molecular complexity index is 563. The number of hydrogen-bond donors (Lipinski definition) is 1. The monoisotopic (exact) mass is 255 g/mol. The van der Waals surface area contributed by atoms with E-state index in [1.807, 2.05) is 25.1 Å². The number of nitrogens with one attached hydrogen (secondary N) is 1. The van der Waals surface area contributed by atoms with Gasteiger partial charge in [0.25, 0.3) is 0 Å². The lowest BCUT2D eigenvalue weighted by atomic mass is 10.3. The zero-order valence-corrected chi connectivity index (χ0v) is 11.0. The van der Waals surface area contributed by atoms with Gasteiger partial charge in [0.05, 0.1) is 0 Å². The van der Waals surface area contributed by atoms with Crippen molar-refractivity contribution in [1.29, 1.82) is 0 Å². The van der Waals surface area contributed by atoms with Crippen LogP contribution in [0.4, 0.5) is 17.5 Å². The molecular weight excluding hydrogens is 238 g/mol. The van der Waals surface area contributed by atoms with E-state index in [1.165, 1.54) is 18.4 Å². The summed E-state index contributed by atoms with van der Waals surface area (Å²) in [4.78, 5) is 15.1. The standard InChI is InChI=1S/C14H17N5/c1-11-4-5-15-12(8-11)18-13-9-14(17-10-16-13)19-6-2-3-7-19/h4-5,8-10H,2-3,6-7H2,1H3,(H,15,16,17,18). The van der Waals surface area contributed by atoms with E-state index < -0.39 is 0 Å². The van der Waals surface area contributed by atoms with Crippen molar-refractivity contribution in [2.45, 2.75) is 19.8 Å². The number of rotatable bonds is 3. The van der Waals surface area contributed by atoms with Crippen molar-refractivity contribution in [2.24, 2.45) is 0 Å². The molecule has 0 bridgehead atoms.